The Kier molecular flexibility index (Phi) is 7.54. The molecule has 1 unspecified atom stereocenters. The van der Waals surface area contributed by atoms with Crippen molar-refractivity contribution in [1.82, 2.24) is 10.8 Å². The Bertz CT molecular complexity index is 1030. The number of hydroxylamine groups is 1. The fraction of sp³-hybridized carbons (Fsp3) is 0.182. The van der Waals surface area contributed by atoms with Crippen LogP contribution in [0, 0.1) is 23.7 Å². The van der Waals surface area contributed by atoms with Crippen molar-refractivity contribution in [1.29, 1.82) is 0 Å². The van der Waals surface area contributed by atoms with Crippen LogP contribution in [0.15, 0.2) is 48.5 Å². The van der Waals surface area contributed by atoms with Gasteiger partial charge < -0.3 is 16.8 Å². The molecule has 2 atom stereocenters. The number of amides is 2. The minimum absolute atomic E-state index is 0.207. The fourth-order valence-corrected chi connectivity index (χ4v) is 2.36. The van der Waals surface area contributed by atoms with E-state index in [9.17, 15) is 14.0 Å². The number of carbonyl (C=O) groups is 2. The molecule has 0 fully saturated rings. The van der Waals surface area contributed by atoms with Crippen molar-refractivity contribution >= 4 is 17.5 Å². The number of hydrogen-bond acceptors (Lipinski definition) is 5. The molecule has 2 aromatic carbocycles. The average molecular weight is 408 g/mol. The highest BCUT2D eigenvalue weighted by atomic mass is 19.1. The number of carbonyl (C=O) groups excluding carboxylic acids is 2. The summed E-state index contributed by atoms with van der Waals surface area (Å²) in [4.78, 5) is 24.1. The predicted molar refractivity (Wildman–Crippen MR) is 111 cm³/mol. The highest BCUT2D eigenvalue weighted by Gasteiger charge is 2.37. The first kappa shape index (κ1) is 22.4. The average Bonchev–Trinajstić information content (AvgIpc) is 2.75. The van der Waals surface area contributed by atoms with Crippen molar-refractivity contribution < 1.29 is 19.2 Å². The van der Waals surface area contributed by atoms with Crippen LogP contribution in [0.25, 0.3) is 0 Å². The zero-order valence-corrected chi connectivity index (χ0v) is 16.2. The molecule has 0 saturated heterocycles. The zero-order chi connectivity index (χ0) is 22.1. The van der Waals surface area contributed by atoms with Gasteiger partial charge in [-0.3, -0.25) is 14.8 Å². The van der Waals surface area contributed by atoms with E-state index in [1.54, 1.807) is 36.4 Å². The van der Waals surface area contributed by atoms with Gasteiger partial charge in [-0.05, 0) is 67.3 Å². The molecular formula is C22H21FN4O3. The first-order chi connectivity index (χ1) is 14.3. The molecule has 0 spiro atoms. The zero-order valence-electron chi connectivity index (χ0n) is 16.2. The van der Waals surface area contributed by atoms with Gasteiger partial charge in [0, 0.05) is 22.4 Å². The molecular weight excluding hydrogens is 387 g/mol. The molecule has 2 aromatic rings. The predicted octanol–water partition coefficient (Wildman–Crippen LogP) is 0.963. The van der Waals surface area contributed by atoms with Gasteiger partial charge in [0.2, 0.25) is 0 Å². The van der Waals surface area contributed by atoms with Crippen LogP contribution >= 0.6 is 0 Å². The molecule has 2 amide bonds. The van der Waals surface area contributed by atoms with Gasteiger partial charge in [-0.25, -0.2) is 9.87 Å². The summed E-state index contributed by atoms with van der Waals surface area (Å²) >= 11 is 0. The van der Waals surface area contributed by atoms with E-state index in [4.69, 9.17) is 16.7 Å². The molecule has 30 heavy (non-hydrogen) atoms. The maximum Gasteiger partial charge on any atom is 0.267 e. The normalized spacial score (nSPS) is 12.8. The number of nitrogen functional groups attached to an aromatic ring is 1. The third kappa shape index (κ3) is 6.08. The van der Waals surface area contributed by atoms with Crippen molar-refractivity contribution in [3.63, 3.8) is 0 Å². The first-order valence-corrected chi connectivity index (χ1v) is 8.84. The van der Waals surface area contributed by atoms with E-state index in [0.717, 1.165) is 5.56 Å². The van der Waals surface area contributed by atoms with Gasteiger partial charge in [-0.15, -0.1) is 0 Å². The fourth-order valence-electron chi connectivity index (χ4n) is 2.36. The van der Waals surface area contributed by atoms with Gasteiger partial charge in [0.1, 0.15) is 12.7 Å². The second kappa shape index (κ2) is 10.1. The number of hydrogen-bond donors (Lipinski definition) is 5. The summed E-state index contributed by atoms with van der Waals surface area (Å²) in [5.41, 5.74) is 13.3. The lowest BCUT2D eigenvalue weighted by Crippen LogP contribution is -2.64. The minimum Gasteiger partial charge on any atom is -0.399 e. The van der Waals surface area contributed by atoms with Crippen molar-refractivity contribution in [3.05, 3.63) is 65.2 Å². The van der Waals surface area contributed by atoms with Gasteiger partial charge in [0.15, 0.2) is 0 Å². The summed E-state index contributed by atoms with van der Waals surface area (Å²) in [6.07, 6.45) is 0. The highest BCUT2D eigenvalue weighted by Crippen LogP contribution is 2.10. The van der Waals surface area contributed by atoms with Gasteiger partial charge in [-0.2, -0.15) is 0 Å². The Morgan fingerprint density at radius 3 is 2.03 bits per heavy atom. The third-order valence-corrected chi connectivity index (χ3v) is 4.13. The molecule has 0 saturated carbocycles. The van der Waals surface area contributed by atoms with E-state index in [2.05, 4.69) is 29.0 Å². The molecule has 0 radical (unpaired) electrons. The van der Waals surface area contributed by atoms with Crippen LogP contribution in [-0.2, 0) is 4.79 Å². The van der Waals surface area contributed by atoms with Crippen molar-refractivity contribution in [3.8, 4) is 23.7 Å². The summed E-state index contributed by atoms with van der Waals surface area (Å²) in [5, 5.41) is 11.1. The van der Waals surface area contributed by atoms with Gasteiger partial charge >= 0.3 is 0 Å². The molecule has 0 aliphatic rings. The standard InChI is InChI=1S/C22H21FN4O3/c1-22(25,14-23)19(21(29)27-30)26-20(28)17-10-6-15(7-11-17)4-2-3-5-16-8-12-18(24)13-9-16/h6-13,19,30H,14,24-25H2,1H3,(H,26,28)(H,27,29)/t19-,22?/m1/s1. The molecule has 0 heterocycles. The van der Waals surface area contributed by atoms with Crippen molar-refractivity contribution in [2.75, 3.05) is 12.4 Å². The van der Waals surface area contributed by atoms with Crippen LogP contribution in [0.4, 0.5) is 10.1 Å². The topological polar surface area (TPSA) is 130 Å². The lowest BCUT2D eigenvalue weighted by Gasteiger charge is -2.30. The largest absolute Gasteiger partial charge is 0.399 e. The van der Waals surface area contributed by atoms with Crippen LogP contribution < -0.4 is 22.3 Å². The van der Waals surface area contributed by atoms with Crippen molar-refractivity contribution in [2.24, 2.45) is 5.73 Å². The Morgan fingerprint density at radius 1 is 1.07 bits per heavy atom. The summed E-state index contributed by atoms with van der Waals surface area (Å²) in [6.45, 7) is 0.161. The smallest absolute Gasteiger partial charge is 0.267 e. The van der Waals surface area contributed by atoms with E-state index in [-0.39, 0.29) is 5.56 Å². The van der Waals surface area contributed by atoms with E-state index < -0.39 is 30.1 Å². The first-order valence-electron chi connectivity index (χ1n) is 8.84. The van der Waals surface area contributed by atoms with Gasteiger partial charge in [0.05, 0.1) is 5.54 Å². The molecule has 7 N–H and O–H groups in total. The lowest BCUT2D eigenvalue weighted by molar-refractivity contribution is -0.132. The minimum atomic E-state index is -1.70. The second-order valence-corrected chi connectivity index (χ2v) is 6.72. The molecule has 0 aliphatic carbocycles. The SMILES string of the molecule is CC(N)(CF)[C@H](NC(=O)c1ccc(C#CC#Cc2ccc(N)cc2)cc1)C(=O)NO. The molecule has 7 nitrogen and oxygen atoms in total. The van der Waals surface area contributed by atoms with Gasteiger partial charge in [0.25, 0.3) is 11.8 Å². The van der Waals surface area contributed by atoms with Crippen LogP contribution in [0.2, 0.25) is 0 Å². The number of benzene rings is 2. The molecule has 154 valence electrons. The number of alkyl halides is 1. The van der Waals surface area contributed by atoms with Crippen LogP contribution in [0.1, 0.15) is 28.4 Å². The Balaban J connectivity index is 2.07. The summed E-state index contributed by atoms with van der Waals surface area (Å²) in [6, 6.07) is 11.8. The third-order valence-electron chi connectivity index (χ3n) is 4.13. The van der Waals surface area contributed by atoms with E-state index >= 15 is 0 Å². The number of nitrogens with one attached hydrogen (secondary N) is 2. The second-order valence-electron chi connectivity index (χ2n) is 6.72. The number of rotatable bonds is 5. The Morgan fingerprint density at radius 2 is 1.57 bits per heavy atom. The maximum atomic E-state index is 13.1. The lowest BCUT2D eigenvalue weighted by atomic mass is 9.94. The number of halogens is 1. The van der Waals surface area contributed by atoms with Crippen LogP contribution in [-0.4, -0.2) is 35.3 Å². The number of anilines is 1. The summed E-state index contributed by atoms with van der Waals surface area (Å²) < 4.78 is 13.1. The number of nitrogens with two attached hydrogens (primary N) is 2. The maximum absolute atomic E-state index is 13.1. The van der Waals surface area contributed by atoms with E-state index in [1.165, 1.54) is 24.5 Å². The van der Waals surface area contributed by atoms with Crippen molar-refractivity contribution in [2.45, 2.75) is 18.5 Å². The molecule has 0 aliphatic heterocycles. The summed E-state index contributed by atoms with van der Waals surface area (Å²) in [7, 11) is 0. The quantitative estimate of drug-likeness (QED) is 0.218. The summed E-state index contributed by atoms with van der Waals surface area (Å²) in [5.74, 6) is 9.50. The molecule has 0 aromatic heterocycles. The highest BCUT2D eigenvalue weighted by molar-refractivity contribution is 5.98. The Labute approximate surface area is 173 Å². The molecule has 0 bridgehead atoms. The van der Waals surface area contributed by atoms with Crippen LogP contribution in [0.3, 0.4) is 0 Å². The van der Waals surface area contributed by atoms with E-state index in [1.807, 2.05) is 0 Å². The monoisotopic (exact) mass is 408 g/mol. The Hall–Kier alpha value is -3.85. The molecule has 8 heteroatoms. The van der Waals surface area contributed by atoms with Gasteiger partial charge in [-0.1, -0.05) is 11.8 Å². The van der Waals surface area contributed by atoms with Crippen LogP contribution in [0.5, 0.6) is 0 Å². The molecule has 2 rings (SSSR count). The van der Waals surface area contributed by atoms with E-state index in [0.29, 0.717) is 11.3 Å².